The van der Waals surface area contributed by atoms with Crippen LogP contribution in [0.5, 0.6) is 0 Å². The van der Waals surface area contributed by atoms with Crippen LogP contribution in [0.3, 0.4) is 0 Å². The second-order valence-electron chi connectivity index (χ2n) is 5.06. The van der Waals surface area contributed by atoms with E-state index in [0.29, 0.717) is 5.56 Å². The molecule has 0 aromatic heterocycles. The lowest BCUT2D eigenvalue weighted by molar-refractivity contribution is 0.101. The molecule has 0 aliphatic heterocycles. The van der Waals surface area contributed by atoms with Gasteiger partial charge < -0.3 is 4.90 Å². The number of benzene rings is 2. The molecule has 0 saturated heterocycles. The van der Waals surface area contributed by atoms with Crippen molar-refractivity contribution in [2.75, 3.05) is 11.9 Å². The Bertz CT molecular complexity index is 654. The van der Waals surface area contributed by atoms with Gasteiger partial charge in [-0.15, -0.1) is 0 Å². The Morgan fingerprint density at radius 3 is 2.33 bits per heavy atom. The number of ketones is 1. The zero-order valence-electron chi connectivity index (χ0n) is 12.2. The average Bonchev–Trinajstić information content (AvgIpc) is 2.46. The molecule has 21 heavy (non-hydrogen) atoms. The van der Waals surface area contributed by atoms with Gasteiger partial charge in [-0.2, -0.15) is 0 Å². The van der Waals surface area contributed by atoms with Gasteiger partial charge in [0.05, 0.1) is 6.04 Å². The van der Waals surface area contributed by atoms with E-state index in [1.54, 1.807) is 6.92 Å². The second-order valence-corrected chi connectivity index (χ2v) is 6.35. The van der Waals surface area contributed by atoms with Gasteiger partial charge in [-0.3, -0.25) is 4.79 Å². The van der Waals surface area contributed by atoms with Crippen molar-refractivity contribution in [1.82, 2.24) is 0 Å². The minimum atomic E-state index is 0.0572. The van der Waals surface area contributed by atoms with Crippen molar-refractivity contribution in [2.24, 2.45) is 0 Å². The van der Waals surface area contributed by atoms with Crippen LogP contribution in [-0.2, 0) is 0 Å². The molecule has 1 unspecified atom stereocenters. The van der Waals surface area contributed by atoms with Crippen molar-refractivity contribution in [2.45, 2.75) is 19.9 Å². The molecule has 0 N–H and O–H groups in total. The first kappa shape index (κ1) is 16.1. The lowest BCUT2D eigenvalue weighted by atomic mass is 10.1. The van der Waals surface area contributed by atoms with E-state index in [4.69, 9.17) is 11.6 Å². The molecule has 0 radical (unpaired) electrons. The monoisotopic (exact) mass is 365 g/mol. The van der Waals surface area contributed by atoms with E-state index in [2.05, 4.69) is 27.8 Å². The summed E-state index contributed by atoms with van der Waals surface area (Å²) >= 11 is 9.40. The summed E-state index contributed by atoms with van der Waals surface area (Å²) < 4.78 is 0.822. The smallest absolute Gasteiger partial charge is 0.160 e. The highest BCUT2D eigenvalue weighted by molar-refractivity contribution is 9.10. The molecular formula is C17H17BrClNO. The van der Waals surface area contributed by atoms with E-state index in [1.165, 1.54) is 5.56 Å². The Kier molecular flexibility index (Phi) is 5.07. The highest BCUT2D eigenvalue weighted by atomic mass is 79.9. The highest BCUT2D eigenvalue weighted by Crippen LogP contribution is 2.29. The second kappa shape index (κ2) is 6.63. The molecule has 1 atom stereocenters. The predicted octanol–water partition coefficient (Wildman–Crippen LogP) is 5.50. The maximum atomic E-state index is 11.5. The van der Waals surface area contributed by atoms with Crippen LogP contribution >= 0.6 is 27.5 Å². The fraction of sp³-hybridized carbons (Fsp3) is 0.235. The van der Waals surface area contributed by atoms with Gasteiger partial charge >= 0.3 is 0 Å². The Labute approximate surface area is 138 Å². The molecule has 2 aromatic carbocycles. The van der Waals surface area contributed by atoms with Crippen molar-refractivity contribution in [3.8, 4) is 0 Å². The molecule has 0 amide bonds. The van der Waals surface area contributed by atoms with Crippen LogP contribution in [0.2, 0.25) is 5.02 Å². The summed E-state index contributed by atoms with van der Waals surface area (Å²) in [7, 11) is 2.04. The Morgan fingerprint density at radius 1 is 1.19 bits per heavy atom. The normalized spacial score (nSPS) is 12.0. The summed E-state index contributed by atoms with van der Waals surface area (Å²) in [6.07, 6.45) is 0. The molecule has 0 heterocycles. The third-order valence-electron chi connectivity index (χ3n) is 3.67. The molecule has 110 valence electrons. The first-order valence-electron chi connectivity index (χ1n) is 6.69. The van der Waals surface area contributed by atoms with Gasteiger partial charge in [-0.1, -0.05) is 23.7 Å². The van der Waals surface area contributed by atoms with E-state index in [0.717, 1.165) is 15.2 Å². The summed E-state index contributed by atoms with van der Waals surface area (Å²) in [6, 6.07) is 13.9. The zero-order chi connectivity index (χ0) is 15.6. The number of Topliss-reactive ketones (excluding diaryl/α,β-unsaturated/α-hetero) is 1. The Balaban J connectivity index is 2.27. The number of anilines is 1. The van der Waals surface area contributed by atoms with Crippen molar-refractivity contribution in [1.29, 1.82) is 0 Å². The Morgan fingerprint density at radius 2 is 1.81 bits per heavy atom. The van der Waals surface area contributed by atoms with Crippen LogP contribution < -0.4 is 4.90 Å². The lowest BCUT2D eigenvalue weighted by Crippen LogP contribution is -2.21. The first-order valence-corrected chi connectivity index (χ1v) is 7.86. The van der Waals surface area contributed by atoms with E-state index in [-0.39, 0.29) is 11.8 Å². The van der Waals surface area contributed by atoms with Crippen molar-refractivity contribution < 1.29 is 4.79 Å². The largest absolute Gasteiger partial charge is 0.368 e. The van der Waals surface area contributed by atoms with Gasteiger partial charge in [0.25, 0.3) is 0 Å². The van der Waals surface area contributed by atoms with Gasteiger partial charge in [-0.25, -0.2) is 0 Å². The average molecular weight is 367 g/mol. The molecule has 0 fully saturated rings. The molecule has 2 aromatic rings. The van der Waals surface area contributed by atoms with Crippen LogP contribution in [-0.4, -0.2) is 12.8 Å². The number of carbonyl (C=O) groups is 1. The minimum absolute atomic E-state index is 0.0572. The van der Waals surface area contributed by atoms with Crippen LogP contribution in [0.15, 0.2) is 46.9 Å². The molecule has 0 spiro atoms. The SMILES string of the molecule is CC(=O)c1ccc(N(C)C(C)c2ccc(Cl)cc2)cc1Br. The molecule has 2 rings (SSSR count). The third-order valence-corrected chi connectivity index (χ3v) is 4.58. The maximum absolute atomic E-state index is 11.5. The predicted molar refractivity (Wildman–Crippen MR) is 92.4 cm³/mol. The van der Waals surface area contributed by atoms with Crippen LogP contribution in [0.4, 0.5) is 5.69 Å². The molecule has 0 aliphatic rings. The number of hydrogen-bond acceptors (Lipinski definition) is 2. The molecule has 0 bridgehead atoms. The van der Waals surface area contributed by atoms with Crippen molar-refractivity contribution in [3.05, 3.63) is 63.1 Å². The molecule has 4 heteroatoms. The summed E-state index contributed by atoms with van der Waals surface area (Å²) in [5.74, 6) is 0.0572. The Hall–Kier alpha value is -1.32. The standard InChI is InChI=1S/C17H17BrClNO/c1-11(13-4-6-14(19)7-5-13)20(3)15-8-9-16(12(2)21)17(18)10-15/h4-11H,1-3H3. The summed E-state index contributed by atoms with van der Waals surface area (Å²) in [4.78, 5) is 13.6. The van der Waals surface area contributed by atoms with Gasteiger partial charge in [0.2, 0.25) is 0 Å². The molecule has 2 nitrogen and oxygen atoms in total. The first-order chi connectivity index (χ1) is 9.90. The van der Waals surface area contributed by atoms with E-state index < -0.39 is 0 Å². The van der Waals surface area contributed by atoms with Gasteiger partial charge in [-0.05, 0) is 65.7 Å². The summed E-state index contributed by atoms with van der Waals surface area (Å²) in [5.41, 5.74) is 2.94. The number of halogens is 2. The maximum Gasteiger partial charge on any atom is 0.160 e. The number of hydrogen-bond donors (Lipinski definition) is 0. The van der Waals surface area contributed by atoms with Crippen molar-refractivity contribution >= 4 is 39.0 Å². The number of nitrogens with zero attached hydrogens (tertiary/aromatic N) is 1. The fourth-order valence-electron chi connectivity index (χ4n) is 2.20. The van der Waals surface area contributed by atoms with Gasteiger partial charge in [0, 0.05) is 27.8 Å². The van der Waals surface area contributed by atoms with Crippen molar-refractivity contribution in [3.63, 3.8) is 0 Å². The van der Waals surface area contributed by atoms with Gasteiger partial charge in [0.1, 0.15) is 0 Å². The van der Waals surface area contributed by atoms with Crippen LogP contribution in [0, 0.1) is 0 Å². The topological polar surface area (TPSA) is 20.3 Å². The number of rotatable bonds is 4. The lowest BCUT2D eigenvalue weighted by Gasteiger charge is -2.28. The highest BCUT2D eigenvalue weighted by Gasteiger charge is 2.14. The zero-order valence-corrected chi connectivity index (χ0v) is 14.6. The van der Waals surface area contributed by atoms with Crippen LogP contribution in [0.1, 0.15) is 35.8 Å². The molecular weight excluding hydrogens is 350 g/mol. The summed E-state index contributed by atoms with van der Waals surface area (Å²) in [5, 5.41) is 0.738. The van der Waals surface area contributed by atoms with E-state index in [1.807, 2.05) is 49.5 Å². The molecule has 0 saturated carbocycles. The fourth-order valence-corrected chi connectivity index (χ4v) is 2.97. The quantitative estimate of drug-likeness (QED) is 0.666. The van der Waals surface area contributed by atoms with Gasteiger partial charge in [0.15, 0.2) is 5.78 Å². The van der Waals surface area contributed by atoms with E-state index >= 15 is 0 Å². The van der Waals surface area contributed by atoms with E-state index in [9.17, 15) is 4.79 Å². The van der Waals surface area contributed by atoms with Crippen LogP contribution in [0.25, 0.3) is 0 Å². The third kappa shape index (κ3) is 3.66. The molecule has 0 aliphatic carbocycles. The number of carbonyl (C=O) groups excluding carboxylic acids is 1. The minimum Gasteiger partial charge on any atom is -0.368 e. The summed E-state index contributed by atoms with van der Waals surface area (Å²) in [6.45, 7) is 3.70.